The van der Waals surface area contributed by atoms with E-state index >= 15 is 0 Å². The molecular formula is C15H13F4N3O. The third-order valence-corrected chi connectivity index (χ3v) is 2.68. The molecule has 4 nitrogen and oxygen atoms in total. The van der Waals surface area contributed by atoms with Crippen LogP contribution in [-0.2, 0) is 6.54 Å². The van der Waals surface area contributed by atoms with Crippen molar-refractivity contribution < 1.29 is 22.3 Å². The van der Waals surface area contributed by atoms with Crippen molar-refractivity contribution in [1.82, 2.24) is 0 Å². The van der Waals surface area contributed by atoms with Gasteiger partial charge in [-0.05, 0) is 42.0 Å². The summed E-state index contributed by atoms with van der Waals surface area (Å²) < 4.78 is 52.9. The predicted molar refractivity (Wildman–Crippen MR) is 78.5 cm³/mol. The van der Waals surface area contributed by atoms with Crippen molar-refractivity contribution in [2.45, 2.75) is 12.9 Å². The molecule has 0 radical (unpaired) electrons. The SMILES string of the molecule is NC(=NCc1cccc(F)c1)Nc1ccc(OC(F)(F)F)cc1. The Morgan fingerprint density at radius 2 is 1.83 bits per heavy atom. The number of benzene rings is 2. The van der Waals surface area contributed by atoms with Gasteiger partial charge < -0.3 is 15.8 Å². The molecule has 8 heteroatoms. The van der Waals surface area contributed by atoms with Crippen LogP contribution in [0.15, 0.2) is 53.5 Å². The molecular weight excluding hydrogens is 314 g/mol. The number of halogens is 4. The Bertz CT molecular complexity index is 684. The van der Waals surface area contributed by atoms with Crippen LogP contribution in [0.2, 0.25) is 0 Å². The summed E-state index contributed by atoms with van der Waals surface area (Å²) >= 11 is 0. The van der Waals surface area contributed by atoms with E-state index in [-0.39, 0.29) is 24.1 Å². The van der Waals surface area contributed by atoms with Gasteiger partial charge in [-0.25, -0.2) is 9.38 Å². The number of nitrogens with zero attached hydrogens (tertiary/aromatic N) is 1. The van der Waals surface area contributed by atoms with Crippen LogP contribution in [0.1, 0.15) is 5.56 Å². The van der Waals surface area contributed by atoms with Crippen LogP contribution >= 0.6 is 0 Å². The summed E-state index contributed by atoms with van der Waals surface area (Å²) in [5.74, 6) is -0.651. The van der Waals surface area contributed by atoms with Gasteiger partial charge in [-0.2, -0.15) is 0 Å². The maximum Gasteiger partial charge on any atom is 0.573 e. The first-order valence-corrected chi connectivity index (χ1v) is 6.49. The van der Waals surface area contributed by atoms with Crippen molar-refractivity contribution in [3.63, 3.8) is 0 Å². The second-order valence-corrected chi connectivity index (χ2v) is 4.53. The number of anilines is 1. The van der Waals surface area contributed by atoms with Gasteiger partial charge in [0.2, 0.25) is 0 Å². The summed E-state index contributed by atoms with van der Waals surface area (Å²) in [4.78, 5) is 4.02. The number of nitrogens with one attached hydrogen (secondary N) is 1. The van der Waals surface area contributed by atoms with Gasteiger partial charge in [0.25, 0.3) is 0 Å². The van der Waals surface area contributed by atoms with Crippen molar-refractivity contribution in [2.24, 2.45) is 10.7 Å². The molecule has 0 aromatic heterocycles. The highest BCUT2D eigenvalue weighted by Crippen LogP contribution is 2.23. The quantitative estimate of drug-likeness (QED) is 0.512. The lowest BCUT2D eigenvalue weighted by molar-refractivity contribution is -0.274. The molecule has 0 aliphatic carbocycles. The largest absolute Gasteiger partial charge is 0.573 e. The van der Waals surface area contributed by atoms with Crippen LogP contribution in [0.3, 0.4) is 0 Å². The van der Waals surface area contributed by atoms with E-state index in [0.29, 0.717) is 11.3 Å². The van der Waals surface area contributed by atoms with E-state index in [4.69, 9.17) is 5.73 Å². The van der Waals surface area contributed by atoms with E-state index in [1.54, 1.807) is 12.1 Å². The Morgan fingerprint density at radius 3 is 2.43 bits per heavy atom. The Morgan fingerprint density at radius 1 is 1.13 bits per heavy atom. The summed E-state index contributed by atoms with van der Waals surface area (Å²) in [6, 6.07) is 10.9. The third kappa shape index (κ3) is 5.85. The molecule has 3 N–H and O–H groups in total. The third-order valence-electron chi connectivity index (χ3n) is 2.68. The number of hydrogen-bond acceptors (Lipinski definition) is 2. The molecule has 0 saturated carbocycles. The molecule has 23 heavy (non-hydrogen) atoms. The molecule has 0 aliphatic rings. The number of rotatable bonds is 4. The van der Waals surface area contributed by atoms with E-state index in [1.807, 2.05) is 0 Å². The zero-order chi connectivity index (χ0) is 16.9. The van der Waals surface area contributed by atoms with Crippen molar-refractivity contribution in [2.75, 3.05) is 5.32 Å². The Balaban J connectivity index is 1.94. The highest BCUT2D eigenvalue weighted by Gasteiger charge is 2.30. The fourth-order valence-electron chi connectivity index (χ4n) is 1.74. The summed E-state index contributed by atoms with van der Waals surface area (Å²) in [7, 11) is 0. The zero-order valence-corrected chi connectivity index (χ0v) is 11.8. The summed E-state index contributed by atoms with van der Waals surface area (Å²) in [5.41, 5.74) is 6.75. The molecule has 0 fully saturated rings. The lowest BCUT2D eigenvalue weighted by Crippen LogP contribution is -2.22. The fourth-order valence-corrected chi connectivity index (χ4v) is 1.74. The van der Waals surface area contributed by atoms with E-state index in [0.717, 1.165) is 12.1 Å². The van der Waals surface area contributed by atoms with Crippen molar-refractivity contribution in [3.05, 3.63) is 59.9 Å². The summed E-state index contributed by atoms with van der Waals surface area (Å²) in [5, 5.41) is 2.71. The molecule has 0 amide bonds. The van der Waals surface area contributed by atoms with Crippen LogP contribution < -0.4 is 15.8 Å². The Kier molecular flexibility index (Phi) is 5.05. The first-order valence-electron chi connectivity index (χ1n) is 6.49. The summed E-state index contributed by atoms with van der Waals surface area (Å²) in [6.07, 6.45) is -4.74. The second kappa shape index (κ2) is 6.99. The molecule has 2 aromatic carbocycles. The molecule has 0 saturated heterocycles. The van der Waals surface area contributed by atoms with Gasteiger partial charge in [-0.3, -0.25) is 0 Å². The number of aliphatic imine (C=N–C) groups is 1. The van der Waals surface area contributed by atoms with E-state index in [2.05, 4.69) is 15.0 Å². The smallest absolute Gasteiger partial charge is 0.406 e. The van der Waals surface area contributed by atoms with Gasteiger partial charge in [0.05, 0.1) is 6.54 Å². The van der Waals surface area contributed by atoms with Gasteiger partial charge >= 0.3 is 6.36 Å². The van der Waals surface area contributed by atoms with Gasteiger partial charge in [-0.15, -0.1) is 13.2 Å². The zero-order valence-electron chi connectivity index (χ0n) is 11.8. The number of alkyl halides is 3. The molecule has 0 heterocycles. The lowest BCUT2D eigenvalue weighted by atomic mass is 10.2. The van der Waals surface area contributed by atoms with Crippen molar-refractivity contribution >= 4 is 11.6 Å². The number of ether oxygens (including phenoxy) is 1. The summed E-state index contributed by atoms with van der Waals surface area (Å²) in [6.45, 7) is 0.172. The Hall–Kier alpha value is -2.77. The standard InChI is InChI=1S/C15H13F4N3O/c16-11-3-1-2-10(8-11)9-21-14(20)22-12-4-6-13(7-5-12)23-15(17,18)19/h1-8H,9H2,(H3,20,21,22). The number of nitrogens with two attached hydrogens (primary N) is 1. The molecule has 2 rings (SSSR count). The Labute approximate surface area is 129 Å². The highest BCUT2D eigenvalue weighted by molar-refractivity contribution is 5.92. The molecule has 0 unspecified atom stereocenters. The number of guanidine groups is 1. The average molecular weight is 327 g/mol. The van der Waals surface area contributed by atoms with E-state index in [1.165, 1.54) is 24.3 Å². The fraction of sp³-hybridized carbons (Fsp3) is 0.133. The van der Waals surface area contributed by atoms with Gasteiger partial charge in [0.15, 0.2) is 5.96 Å². The average Bonchev–Trinajstić information content (AvgIpc) is 2.46. The number of hydrogen-bond donors (Lipinski definition) is 2. The minimum atomic E-state index is -4.74. The van der Waals surface area contributed by atoms with Crippen molar-refractivity contribution in [1.29, 1.82) is 0 Å². The minimum Gasteiger partial charge on any atom is -0.406 e. The molecule has 0 atom stereocenters. The maximum absolute atomic E-state index is 13.0. The normalized spacial score (nSPS) is 12.1. The highest BCUT2D eigenvalue weighted by atomic mass is 19.4. The van der Waals surface area contributed by atoms with Gasteiger partial charge in [0, 0.05) is 5.69 Å². The molecule has 0 aliphatic heterocycles. The minimum absolute atomic E-state index is 0.0544. The maximum atomic E-state index is 13.0. The lowest BCUT2D eigenvalue weighted by Gasteiger charge is -2.10. The van der Waals surface area contributed by atoms with Crippen LogP contribution in [-0.4, -0.2) is 12.3 Å². The first kappa shape index (κ1) is 16.6. The van der Waals surface area contributed by atoms with Crippen LogP contribution in [0, 0.1) is 5.82 Å². The monoisotopic (exact) mass is 327 g/mol. The molecule has 0 bridgehead atoms. The molecule has 122 valence electrons. The second-order valence-electron chi connectivity index (χ2n) is 4.53. The topological polar surface area (TPSA) is 59.6 Å². The van der Waals surface area contributed by atoms with E-state index < -0.39 is 6.36 Å². The molecule has 0 spiro atoms. The van der Waals surface area contributed by atoms with Crippen molar-refractivity contribution in [3.8, 4) is 5.75 Å². The predicted octanol–water partition coefficient (Wildman–Crippen LogP) is 3.65. The van der Waals surface area contributed by atoms with E-state index in [9.17, 15) is 17.6 Å². The van der Waals surface area contributed by atoms with Crippen LogP contribution in [0.25, 0.3) is 0 Å². The van der Waals surface area contributed by atoms with Crippen LogP contribution in [0.5, 0.6) is 5.75 Å². The van der Waals surface area contributed by atoms with Gasteiger partial charge in [0.1, 0.15) is 11.6 Å². The van der Waals surface area contributed by atoms with Gasteiger partial charge in [-0.1, -0.05) is 12.1 Å². The first-order chi connectivity index (χ1) is 10.8. The van der Waals surface area contributed by atoms with Crippen LogP contribution in [0.4, 0.5) is 23.2 Å². The molecule has 2 aromatic rings.